The Labute approximate surface area is 675 Å². The summed E-state index contributed by atoms with van der Waals surface area (Å²) < 4.78 is 6.93. The lowest BCUT2D eigenvalue weighted by atomic mass is 9.97. The molecule has 7 heterocycles. The van der Waals surface area contributed by atoms with E-state index in [9.17, 15) is 0 Å². The van der Waals surface area contributed by atoms with Crippen LogP contribution in [0, 0.1) is 0 Å². The molecule has 7 aromatic heterocycles. The van der Waals surface area contributed by atoms with Gasteiger partial charge in [0, 0.05) is 82.9 Å². The zero-order valence-electron chi connectivity index (χ0n) is 63.5. The minimum atomic E-state index is 0.671. The van der Waals surface area contributed by atoms with Crippen molar-refractivity contribution in [2.45, 2.75) is 0 Å². The number of para-hydroxylation sites is 7. The lowest BCUT2D eigenvalue weighted by molar-refractivity contribution is 1.10. The van der Waals surface area contributed by atoms with E-state index >= 15 is 0 Å². The molecule has 0 aliphatic carbocycles. The van der Waals surface area contributed by atoms with Crippen molar-refractivity contribution in [3.8, 4) is 107 Å². The summed E-state index contributed by atoms with van der Waals surface area (Å²) in [4.78, 5) is 29.9. The van der Waals surface area contributed by atoms with Gasteiger partial charge in [-0.1, -0.05) is 315 Å². The number of hydrogen-bond donors (Lipinski definition) is 0. The molecule has 0 saturated heterocycles. The summed E-state index contributed by atoms with van der Waals surface area (Å²) >= 11 is 0. The summed E-state index contributed by atoms with van der Waals surface area (Å²) in [6.45, 7) is 0. The molecule has 16 aromatic carbocycles. The Balaban J connectivity index is 0.000000110. The molecule has 0 unspecified atom stereocenters. The monoisotopic (exact) mass is 1490 g/mol. The maximum Gasteiger partial charge on any atom is 0.160 e. The van der Waals surface area contributed by atoms with Crippen molar-refractivity contribution in [1.29, 1.82) is 0 Å². The molecule has 23 rings (SSSR count). The van der Waals surface area contributed by atoms with Gasteiger partial charge in [-0.15, -0.1) is 0 Å². The van der Waals surface area contributed by atoms with Gasteiger partial charge < -0.3 is 9.13 Å². The molecular formula is C108H71N9. The molecule has 9 heteroatoms. The number of fused-ring (bicyclic) bond motifs is 12. The summed E-state index contributed by atoms with van der Waals surface area (Å²) in [5.74, 6) is 2.33. The lowest BCUT2D eigenvalue weighted by Crippen LogP contribution is -1.97. The highest BCUT2D eigenvalue weighted by Gasteiger charge is 2.20. The van der Waals surface area contributed by atoms with Crippen molar-refractivity contribution in [3.05, 3.63) is 431 Å². The minimum absolute atomic E-state index is 0.671. The van der Waals surface area contributed by atoms with Crippen molar-refractivity contribution < 1.29 is 0 Å². The first kappa shape index (κ1) is 69.1. The van der Waals surface area contributed by atoms with Gasteiger partial charge in [0.1, 0.15) is 5.82 Å². The standard InChI is InChI=1S/C39H26N4.C38H25N3.C31H20N2/c1-2-10-27(11-3-1)28-17-19-30(20-18-28)39-41-35(26-36(42-39)34-14-8-9-25-40-34)29-21-23-31(24-22-29)43-37-15-6-4-12-32(37)33-13-5-7-16-38(33)43;1-2-11-26(12-3-1)27-21-23-28(24-22-27)37-33-17-4-7-18-34(33)39-38(40-37)29-13-10-14-30(25-29)41-35-19-8-5-15-31(35)32-16-6-9-20-36(32)41;1-2-10-24-21(8-1)9-7-13-25(24)22-16-18-28-23(20-22)17-19-31(32-28)33-29-14-5-3-11-26(29)27-12-4-6-15-30(27)33/h1-26H;1-25H;1-20H. The fourth-order valence-electron chi connectivity index (χ4n) is 16.7. The Morgan fingerprint density at radius 3 is 1.21 bits per heavy atom. The van der Waals surface area contributed by atoms with Gasteiger partial charge in [0.05, 0.1) is 66.9 Å². The molecule has 0 saturated carbocycles. The van der Waals surface area contributed by atoms with Gasteiger partial charge in [0.25, 0.3) is 0 Å². The van der Waals surface area contributed by atoms with Crippen LogP contribution >= 0.6 is 0 Å². The molecule has 23 aromatic rings. The van der Waals surface area contributed by atoms with E-state index in [0.717, 1.165) is 89.6 Å². The summed E-state index contributed by atoms with van der Waals surface area (Å²) in [5, 5.41) is 12.2. The van der Waals surface area contributed by atoms with Gasteiger partial charge in [-0.3, -0.25) is 9.55 Å². The SMILES string of the molecule is c1ccc(-c2ccc(-c3nc(-c4ccc(-n5c6ccccc6c6ccccc65)cc4)cc(-c4ccccn4)n3)cc2)cc1.c1ccc(-c2ccc(-c3nc(-c4cccc(-n5c6ccccc6c6ccccc65)c4)nc4ccccc34)cc2)cc1.c1ccc2c(-c3ccc4nc(-n5c6ccccc6c6ccccc65)ccc4c3)cccc2c1. The summed E-state index contributed by atoms with van der Waals surface area (Å²) in [5.41, 5.74) is 25.9. The summed E-state index contributed by atoms with van der Waals surface area (Å²) in [7, 11) is 0. The number of hydrogen-bond acceptors (Lipinski definition) is 6. The predicted molar refractivity (Wildman–Crippen MR) is 485 cm³/mol. The van der Waals surface area contributed by atoms with Crippen LogP contribution in [-0.4, -0.2) is 43.6 Å². The van der Waals surface area contributed by atoms with Crippen LogP contribution in [0.3, 0.4) is 0 Å². The molecule has 0 aliphatic rings. The highest BCUT2D eigenvalue weighted by molar-refractivity contribution is 6.12. The molecule has 0 atom stereocenters. The third-order valence-electron chi connectivity index (χ3n) is 22.3. The lowest BCUT2D eigenvalue weighted by Gasteiger charge is -2.12. The maximum atomic E-state index is 5.17. The number of aromatic nitrogens is 9. The number of benzene rings is 16. The van der Waals surface area contributed by atoms with E-state index < -0.39 is 0 Å². The van der Waals surface area contributed by atoms with Crippen LogP contribution in [0.4, 0.5) is 0 Å². The van der Waals surface area contributed by atoms with E-state index in [1.807, 2.05) is 42.5 Å². The largest absolute Gasteiger partial charge is 0.309 e. The second-order valence-corrected chi connectivity index (χ2v) is 29.3. The summed E-state index contributed by atoms with van der Waals surface area (Å²) in [6, 6.07) is 149. The van der Waals surface area contributed by atoms with E-state index in [0.29, 0.717) is 11.6 Å². The van der Waals surface area contributed by atoms with E-state index in [2.05, 4.69) is 401 Å². The number of pyridine rings is 2. The third kappa shape index (κ3) is 13.0. The molecule has 0 N–H and O–H groups in total. The fourth-order valence-corrected chi connectivity index (χ4v) is 16.7. The van der Waals surface area contributed by atoms with Gasteiger partial charge in [-0.25, -0.2) is 24.9 Å². The van der Waals surface area contributed by atoms with Crippen LogP contribution in [0.2, 0.25) is 0 Å². The quantitative estimate of drug-likeness (QED) is 0.128. The normalized spacial score (nSPS) is 11.4. The second kappa shape index (κ2) is 30.0. The van der Waals surface area contributed by atoms with Gasteiger partial charge in [0.2, 0.25) is 0 Å². The zero-order valence-corrected chi connectivity index (χ0v) is 63.5. The third-order valence-corrected chi connectivity index (χ3v) is 22.3. The number of nitrogens with zero attached hydrogens (tertiary/aromatic N) is 9. The topological polar surface area (TPSA) is 92.1 Å². The Kier molecular flexibility index (Phi) is 17.7. The molecule has 117 heavy (non-hydrogen) atoms. The van der Waals surface area contributed by atoms with Crippen LogP contribution in [0.1, 0.15) is 0 Å². The molecule has 0 aliphatic heterocycles. The predicted octanol–water partition coefficient (Wildman–Crippen LogP) is 27.5. The van der Waals surface area contributed by atoms with Gasteiger partial charge in [-0.2, -0.15) is 0 Å². The average Bonchev–Trinajstić information content (AvgIpc) is 1.57. The molecular weight excluding hydrogens is 1420 g/mol. The van der Waals surface area contributed by atoms with Crippen molar-refractivity contribution in [1.82, 2.24) is 43.6 Å². The molecule has 0 spiro atoms. The molecule has 0 bridgehead atoms. The molecule has 0 radical (unpaired) electrons. The van der Waals surface area contributed by atoms with Crippen LogP contribution in [-0.2, 0) is 0 Å². The molecule has 548 valence electrons. The molecule has 0 fully saturated rings. The van der Waals surface area contributed by atoms with E-state index in [1.165, 1.54) is 104 Å². The van der Waals surface area contributed by atoms with E-state index in [1.54, 1.807) is 6.20 Å². The highest BCUT2D eigenvalue weighted by atomic mass is 15.1. The van der Waals surface area contributed by atoms with Crippen LogP contribution in [0.5, 0.6) is 0 Å². The first-order chi connectivity index (χ1) is 58.0. The van der Waals surface area contributed by atoms with Crippen molar-refractivity contribution in [3.63, 3.8) is 0 Å². The average molecular weight is 1490 g/mol. The fraction of sp³-hybridized carbons (Fsp3) is 0. The first-order valence-corrected chi connectivity index (χ1v) is 39.5. The van der Waals surface area contributed by atoms with Crippen LogP contribution in [0.25, 0.3) is 205 Å². The number of rotatable bonds is 11. The van der Waals surface area contributed by atoms with Crippen molar-refractivity contribution in [2.75, 3.05) is 0 Å². The van der Waals surface area contributed by atoms with E-state index in [-0.39, 0.29) is 0 Å². The Hall–Kier alpha value is -15.8. The van der Waals surface area contributed by atoms with Gasteiger partial charge in [0.15, 0.2) is 11.6 Å². The molecule has 9 nitrogen and oxygen atoms in total. The summed E-state index contributed by atoms with van der Waals surface area (Å²) in [6.07, 6.45) is 1.80. The molecule has 0 amide bonds. The highest BCUT2D eigenvalue weighted by Crippen LogP contribution is 2.40. The zero-order chi connectivity index (χ0) is 77.5. The Bertz CT molecular complexity index is 7500. The van der Waals surface area contributed by atoms with E-state index in [4.69, 9.17) is 24.9 Å². The smallest absolute Gasteiger partial charge is 0.160 e. The second-order valence-electron chi connectivity index (χ2n) is 29.3. The van der Waals surface area contributed by atoms with Gasteiger partial charge in [-0.05, 0) is 153 Å². The Morgan fingerprint density at radius 2 is 0.624 bits per heavy atom. The van der Waals surface area contributed by atoms with Crippen LogP contribution in [0.15, 0.2) is 431 Å². The minimum Gasteiger partial charge on any atom is -0.309 e. The van der Waals surface area contributed by atoms with Crippen LogP contribution < -0.4 is 0 Å². The van der Waals surface area contributed by atoms with Crippen molar-refractivity contribution in [2.24, 2.45) is 0 Å². The van der Waals surface area contributed by atoms with Gasteiger partial charge >= 0.3 is 0 Å². The first-order valence-electron chi connectivity index (χ1n) is 39.5. The maximum absolute atomic E-state index is 5.17. The Morgan fingerprint density at radius 1 is 0.188 bits per heavy atom. The van der Waals surface area contributed by atoms with Crippen molar-refractivity contribution >= 4 is 98.0 Å².